The molecule has 0 saturated heterocycles. The lowest BCUT2D eigenvalue weighted by molar-refractivity contribution is -0.143. The summed E-state index contributed by atoms with van der Waals surface area (Å²) in [5.41, 5.74) is 0. The molecule has 0 radical (unpaired) electrons. The summed E-state index contributed by atoms with van der Waals surface area (Å²) in [6.45, 7) is 5.96. The van der Waals surface area contributed by atoms with Gasteiger partial charge in [-0.3, -0.25) is 4.79 Å². The van der Waals surface area contributed by atoms with Crippen LogP contribution in [0.2, 0.25) is 0 Å². The van der Waals surface area contributed by atoms with Crippen molar-refractivity contribution in [3.05, 3.63) is 0 Å². The van der Waals surface area contributed by atoms with E-state index in [9.17, 15) is 9.59 Å². The fraction of sp³-hybridized carbons (Fsp3) is 0.920. The van der Waals surface area contributed by atoms with Crippen molar-refractivity contribution in [1.82, 2.24) is 5.32 Å². The third kappa shape index (κ3) is 23.0. The van der Waals surface area contributed by atoms with E-state index in [0.29, 0.717) is 26.2 Å². The molecule has 5 nitrogen and oxygen atoms in total. The first-order valence-corrected chi connectivity index (χ1v) is 12.8. The van der Waals surface area contributed by atoms with Crippen LogP contribution < -0.4 is 5.32 Å². The summed E-state index contributed by atoms with van der Waals surface area (Å²) in [4.78, 5) is 23.1. The number of hydrogen-bond acceptors (Lipinski definition) is 4. The number of esters is 1. The number of rotatable bonds is 22. The molecule has 5 heteroatoms. The van der Waals surface area contributed by atoms with E-state index >= 15 is 0 Å². The van der Waals surface area contributed by atoms with Crippen molar-refractivity contribution in [2.24, 2.45) is 0 Å². The number of hydrogen-bond donors (Lipinski definition) is 1. The second-order valence-corrected chi connectivity index (χ2v) is 8.34. The highest BCUT2D eigenvalue weighted by molar-refractivity contribution is 5.69. The second-order valence-electron chi connectivity index (χ2n) is 8.34. The number of ether oxygens (including phenoxy) is 2. The molecule has 0 unspecified atom stereocenters. The molecule has 0 aromatic rings. The number of nitrogens with one attached hydrogen (secondary N) is 1. The highest BCUT2D eigenvalue weighted by Crippen LogP contribution is 2.12. The molecule has 1 N–H and O–H groups in total. The van der Waals surface area contributed by atoms with Crippen LogP contribution in [0.3, 0.4) is 0 Å². The van der Waals surface area contributed by atoms with Crippen LogP contribution in [0.1, 0.15) is 129 Å². The first-order valence-electron chi connectivity index (χ1n) is 12.8. The Morgan fingerprint density at radius 3 is 1.67 bits per heavy atom. The Kier molecular flexibility index (Phi) is 23.0. The number of carbonyl (C=O) groups is 2. The fourth-order valence-electron chi connectivity index (χ4n) is 3.32. The lowest BCUT2D eigenvalue weighted by Crippen LogP contribution is -2.25. The summed E-state index contributed by atoms with van der Waals surface area (Å²) < 4.78 is 10.3. The van der Waals surface area contributed by atoms with Crippen molar-refractivity contribution in [2.75, 3.05) is 19.8 Å². The minimum absolute atomic E-state index is 0.0926. The van der Waals surface area contributed by atoms with Gasteiger partial charge in [0, 0.05) is 13.0 Å². The van der Waals surface area contributed by atoms with E-state index in [4.69, 9.17) is 9.47 Å². The van der Waals surface area contributed by atoms with E-state index in [1.54, 1.807) is 0 Å². The summed E-state index contributed by atoms with van der Waals surface area (Å²) in [5, 5.41) is 2.73. The maximum absolute atomic E-state index is 11.7. The molecule has 178 valence electrons. The zero-order chi connectivity index (χ0) is 22.1. The van der Waals surface area contributed by atoms with Crippen molar-refractivity contribution < 1.29 is 19.1 Å². The highest BCUT2D eigenvalue weighted by Gasteiger charge is 2.04. The predicted molar refractivity (Wildman–Crippen MR) is 125 cm³/mol. The summed E-state index contributed by atoms with van der Waals surface area (Å²) in [6.07, 6.45) is 20.3. The number of carbonyl (C=O) groups excluding carboxylic acids is 2. The highest BCUT2D eigenvalue weighted by atomic mass is 16.5. The SMILES string of the molecule is CCCCCCCCCCCCCCOC(=O)CCCCCNC(=O)OCCCC. The zero-order valence-electron chi connectivity index (χ0n) is 20.0. The van der Waals surface area contributed by atoms with E-state index < -0.39 is 0 Å². The van der Waals surface area contributed by atoms with Crippen LogP contribution in [-0.4, -0.2) is 31.8 Å². The Labute approximate surface area is 186 Å². The van der Waals surface area contributed by atoms with Crippen LogP contribution >= 0.6 is 0 Å². The molecule has 0 fully saturated rings. The lowest BCUT2D eigenvalue weighted by atomic mass is 10.1. The van der Waals surface area contributed by atoms with Gasteiger partial charge in [-0.05, 0) is 25.7 Å². The Hall–Kier alpha value is -1.26. The van der Waals surface area contributed by atoms with Gasteiger partial charge >= 0.3 is 12.1 Å². The molecule has 1 amide bonds. The molecule has 0 bridgehead atoms. The van der Waals surface area contributed by atoms with Crippen molar-refractivity contribution in [2.45, 2.75) is 129 Å². The van der Waals surface area contributed by atoms with E-state index in [2.05, 4.69) is 19.2 Å². The van der Waals surface area contributed by atoms with Gasteiger partial charge in [-0.1, -0.05) is 97.3 Å². The van der Waals surface area contributed by atoms with Crippen LogP contribution in [-0.2, 0) is 14.3 Å². The summed E-state index contributed by atoms with van der Waals surface area (Å²) in [7, 11) is 0. The van der Waals surface area contributed by atoms with Crippen LogP contribution in [0.4, 0.5) is 4.79 Å². The summed E-state index contributed by atoms with van der Waals surface area (Å²) in [5.74, 6) is -0.0926. The minimum Gasteiger partial charge on any atom is -0.466 e. The molecule has 0 aliphatic rings. The third-order valence-corrected chi connectivity index (χ3v) is 5.32. The van der Waals surface area contributed by atoms with Crippen LogP contribution in [0.5, 0.6) is 0 Å². The minimum atomic E-state index is -0.342. The molecule has 0 rings (SSSR count). The van der Waals surface area contributed by atoms with E-state index in [0.717, 1.165) is 44.9 Å². The van der Waals surface area contributed by atoms with Crippen molar-refractivity contribution >= 4 is 12.1 Å². The molecular formula is C25H49NO4. The van der Waals surface area contributed by atoms with Gasteiger partial charge in [-0.2, -0.15) is 0 Å². The average Bonchev–Trinajstić information content (AvgIpc) is 2.74. The monoisotopic (exact) mass is 427 g/mol. The molecule has 30 heavy (non-hydrogen) atoms. The van der Waals surface area contributed by atoms with Gasteiger partial charge in [-0.15, -0.1) is 0 Å². The predicted octanol–water partition coefficient (Wildman–Crippen LogP) is 7.32. The van der Waals surface area contributed by atoms with Crippen molar-refractivity contribution in [3.8, 4) is 0 Å². The maximum atomic E-state index is 11.7. The Balaban J connectivity index is 3.23. The molecule has 0 atom stereocenters. The Morgan fingerprint density at radius 1 is 0.567 bits per heavy atom. The van der Waals surface area contributed by atoms with Gasteiger partial charge in [0.05, 0.1) is 13.2 Å². The number of unbranched alkanes of at least 4 members (excludes halogenated alkanes) is 14. The molecule has 0 spiro atoms. The molecule has 0 saturated carbocycles. The first-order chi connectivity index (χ1) is 14.7. The summed E-state index contributed by atoms with van der Waals surface area (Å²) in [6, 6.07) is 0. The summed E-state index contributed by atoms with van der Waals surface area (Å²) >= 11 is 0. The molecule has 0 aliphatic carbocycles. The van der Waals surface area contributed by atoms with Crippen LogP contribution in [0.25, 0.3) is 0 Å². The zero-order valence-corrected chi connectivity index (χ0v) is 20.0. The van der Waals surface area contributed by atoms with E-state index in [1.165, 1.54) is 64.2 Å². The Bertz CT molecular complexity index is 387. The number of alkyl carbamates (subject to hydrolysis) is 1. The van der Waals surface area contributed by atoms with E-state index in [-0.39, 0.29) is 12.1 Å². The van der Waals surface area contributed by atoms with Crippen molar-refractivity contribution in [1.29, 1.82) is 0 Å². The van der Waals surface area contributed by atoms with Crippen LogP contribution in [0.15, 0.2) is 0 Å². The second kappa shape index (κ2) is 24.0. The maximum Gasteiger partial charge on any atom is 0.407 e. The lowest BCUT2D eigenvalue weighted by Gasteiger charge is -2.07. The largest absolute Gasteiger partial charge is 0.466 e. The fourth-order valence-corrected chi connectivity index (χ4v) is 3.32. The first kappa shape index (κ1) is 28.7. The average molecular weight is 428 g/mol. The third-order valence-electron chi connectivity index (χ3n) is 5.32. The van der Waals surface area contributed by atoms with Crippen LogP contribution in [0, 0.1) is 0 Å². The standard InChI is InChI=1S/C25H49NO4/c1-3-5-7-8-9-10-11-12-13-14-15-19-23-29-24(27)20-17-16-18-21-26-25(28)30-22-6-4-2/h3-23H2,1-2H3,(H,26,28). The Morgan fingerprint density at radius 2 is 1.07 bits per heavy atom. The van der Waals surface area contributed by atoms with Crippen molar-refractivity contribution in [3.63, 3.8) is 0 Å². The topological polar surface area (TPSA) is 64.6 Å². The normalized spacial score (nSPS) is 10.7. The quantitative estimate of drug-likeness (QED) is 0.145. The molecule has 0 aromatic carbocycles. The van der Waals surface area contributed by atoms with E-state index in [1.807, 2.05) is 0 Å². The molecular weight excluding hydrogens is 378 g/mol. The molecule has 0 aliphatic heterocycles. The van der Waals surface area contributed by atoms with Gasteiger partial charge in [0.25, 0.3) is 0 Å². The van der Waals surface area contributed by atoms with Gasteiger partial charge in [-0.25, -0.2) is 4.79 Å². The molecule has 0 aromatic heterocycles. The van der Waals surface area contributed by atoms with Gasteiger partial charge in [0.15, 0.2) is 0 Å². The molecule has 0 heterocycles. The van der Waals surface area contributed by atoms with Gasteiger partial charge < -0.3 is 14.8 Å². The van der Waals surface area contributed by atoms with Gasteiger partial charge in [0.1, 0.15) is 0 Å². The van der Waals surface area contributed by atoms with Gasteiger partial charge in [0.2, 0.25) is 0 Å². The smallest absolute Gasteiger partial charge is 0.407 e. The number of amides is 1.